The van der Waals surface area contributed by atoms with E-state index in [0.717, 1.165) is 19.5 Å². The smallest absolute Gasteiger partial charge is 0.242 e. The Morgan fingerprint density at radius 1 is 1.35 bits per heavy atom. The average Bonchev–Trinajstić information content (AvgIpc) is 2.58. The van der Waals surface area contributed by atoms with Crippen molar-refractivity contribution in [2.24, 2.45) is 5.92 Å². The van der Waals surface area contributed by atoms with E-state index in [0.29, 0.717) is 37.8 Å². The summed E-state index contributed by atoms with van der Waals surface area (Å²) in [5, 5.41) is 6.54. The van der Waals surface area contributed by atoms with E-state index < -0.39 is 6.04 Å². The van der Waals surface area contributed by atoms with Crippen LogP contribution in [-0.2, 0) is 9.53 Å². The minimum Gasteiger partial charge on any atom is -0.379 e. The van der Waals surface area contributed by atoms with Crippen molar-refractivity contribution in [3.05, 3.63) is 35.6 Å². The molecule has 2 N–H and O–H groups in total. The number of carbonyl (C=O) groups excluding carboxylic acids is 1. The fraction of sp³-hybridized carbons (Fsp3) is 0.611. The highest BCUT2D eigenvalue weighted by atomic mass is 35.5. The lowest BCUT2D eigenvalue weighted by molar-refractivity contribution is -0.129. The lowest BCUT2D eigenvalue weighted by atomic mass is 9.94. The van der Waals surface area contributed by atoms with Crippen LogP contribution in [-0.4, -0.2) is 56.2 Å². The number of ether oxygens (including phenoxy) is 1. The zero-order chi connectivity index (χ0) is 16.9. The lowest BCUT2D eigenvalue weighted by Crippen LogP contribution is -2.52. The van der Waals surface area contributed by atoms with E-state index in [1.807, 2.05) is 6.07 Å². The first kappa shape index (κ1) is 23.1. The molecule has 2 aliphatic rings. The molecule has 0 radical (unpaired) electrons. The predicted octanol–water partition coefficient (Wildman–Crippen LogP) is 2.16. The maximum atomic E-state index is 13.7. The predicted molar refractivity (Wildman–Crippen MR) is 105 cm³/mol. The minimum absolute atomic E-state index is 0. The van der Waals surface area contributed by atoms with Crippen molar-refractivity contribution < 1.29 is 13.9 Å². The molecule has 0 saturated carbocycles. The minimum atomic E-state index is -0.466. The molecule has 0 bridgehead atoms. The average molecular weight is 408 g/mol. The van der Waals surface area contributed by atoms with Gasteiger partial charge in [0, 0.05) is 19.1 Å². The summed E-state index contributed by atoms with van der Waals surface area (Å²) >= 11 is 0. The Balaban J connectivity index is 0.00000169. The van der Waals surface area contributed by atoms with Crippen LogP contribution >= 0.6 is 24.8 Å². The number of benzene rings is 1. The molecule has 2 saturated heterocycles. The summed E-state index contributed by atoms with van der Waals surface area (Å²) < 4.78 is 19.1. The molecule has 5 nitrogen and oxygen atoms in total. The van der Waals surface area contributed by atoms with E-state index in [1.54, 1.807) is 6.07 Å². The van der Waals surface area contributed by atoms with Gasteiger partial charge in [0.1, 0.15) is 11.9 Å². The molecule has 148 valence electrons. The number of rotatable bonds is 4. The fourth-order valence-electron chi connectivity index (χ4n) is 3.53. The Hall–Kier alpha value is -0.920. The third-order valence-electron chi connectivity index (χ3n) is 4.94. The molecule has 3 atom stereocenters. The summed E-state index contributed by atoms with van der Waals surface area (Å²) in [5.41, 5.74) is 0.705. The Labute approximate surface area is 166 Å². The topological polar surface area (TPSA) is 53.6 Å². The van der Waals surface area contributed by atoms with Gasteiger partial charge in [-0.1, -0.05) is 19.1 Å². The quantitative estimate of drug-likeness (QED) is 0.802. The zero-order valence-electron chi connectivity index (χ0n) is 14.9. The van der Waals surface area contributed by atoms with Gasteiger partial charge in [0.2, 0.25) is 5.91 Å². The molecule has 2 aliphatic heterocycles. The van der Waals surface area contributed by atoms with Gasteiger partial charge in [-0.25, -0.2) is 4.39 Å². The van der Waals surface area contributed by atoms with Crippen molar-refractivity contribution in [3.63, 3.8) is 0 Å². The second kappa shape index (κ2) is 11.0. The monoisotopic (exact) mass is 407 g/mol. The van der Waals surface area contributed by atoms with Gasteiger partial charge in [-0.3, -0.25) is 9.69 Å². The van der Waals surface area contributed by atoms with Crippen molar-refractivity contribution in [2.75, 3.05) is 39.4 Å². The lowest BCUT2D eigenvalue weighted by Gasteiger charge is -2.36. The van der Waals surface area contributed by atoms with E-state index >= 15 is 0 Å². The van der Waals surface area contributed by atoms with Crippen LogP contribution < -0.4 is 10.6 Å². The highest BCUT2D eigenvalue weighted by molar-refractivity contribution is 5.85. The largest absolute Gasteiger partial charge is 0.379 e. The Kier molecular flexibility index (Phi) is 9.82. The van der Waals surface area contributed by atoms with Gasteiger partial charge in [0.15, 0.2) is 0 Å². The first-order chi connectivity index (χ1) is 11.6. The highest BCUT2D eigenvalue weighted by Crippen LogP contribution is 2.24. The highest BCUT2D eigenvalue weighted by Gasteiger charge is 2.32. The van der Waals surface area contributed by atoms with E-state index in [2.05, 4.69) is 22.5 Å². The van der Waals surface area contributed by atoms with Crippen LogP contribution in [0.25, 0.3) is 0 Å². The second-order valence-electron chi connectivity index (χ2n) is 6.69. The third kappa shape index (κ3) is 5.79. The molecule has 1 aromatic carbocycles. The molecule has 3 unspecified atom stereocenters. The van der Waals surface area contributed by atoms with Crippen LogP contribution in [0.4, 0.5) is 4.39 Å². The zero-order valence-corrected chi connectivity index (χ0v) is 16.6. The first-order valence-electron chi connectivity index (χ1n) is 8.73. The van der Waals surface area contributed by atoms with Crippen LogP contribution in [0.5, 0.6) is 0 Å². The van der Waals surface area contributed by atoms with Crippen molar-refractivity contribution in [1.29, 1.82) is 0 Å². The molecular weight excluding hydrogens is 380 g/mol. The molecule has 0 spiro atoms. The molecular formula is C18H28Cl2FN3O2. The third-order valence-corrected chi connectivity index (χ3v) is 4.94. The van der Waals surface area contributed by atoms with Gasteiger partial charge >= 0.3 is 0 Å². The summed E-state index contributed by atoms with van der Waals surface area (Å²) in [6.07, 6.45) is 0.923. The Morgan fingerprint density at radius 2 is 2.08 bits per heavy atom. The van der Waals surface area contributed by atoms with Gasteiger partial charge in [0.05, 0.1) is 13.2 Å². The SMILES string of the molecule is CC1CNCCC1NC(=O)C(c1cccc(F)c1)N1CCOCC1.Cl.Cl. The number of morpholine rings is 1. The van der Waals surface area contributed by atoms with E-state index in [1.165, 1.54) is 12.1 Å². The number of nitrogens with one attached hydrogen (secondary N) is 2. The second-order valence-corrected chi connectivity index (χ2v) is 6.69. The van der Waals surface area contributed by atoms with Crippen molar-refractivity contribution in [2.45, 2.75) is 25.4 Å². The maximum absolute atomic E-state index is 13.7. The van der Waals surface area contributed by atoms with Gasteiger partial charge in [-0.15, -0.1) is 24.8 Å². The molecule has 0 aliphatic carbocycles. The summed E-state index contributed by atoms with van der Waals surface area (Å²) in [6.45, 7) is 6.52. The molecule has 2 heterocycles. The number of hydrogen-bond acceptors (Lipinski definition) is 4. The van der Waals surface area contributed by atoms with Crippen LogP contribution in [0.3, 0.4) is 0 Å². The molecule has 1 amide bonds. The van der Waals surface area contributed by atoms with Gasteiger partial charge < -0.3 is 15.4 Å². The Morgan fingerprint density at radius 3 is 2.73 bits per heavy atom. The van der Waals surface area contributed by atoms with Crippen LogP contribution in [0.15, 0.2) is 24.3 Å². The van der Waals surface area contributed by atoms with Crippen molar-refractivity contribution >= 4 is 30.7 Å². The number of hydrogen-bond donors (Lipinski definition) is 2. The number of nitrogens with zero attached hydrogens (tertiary/aromatic N) is 1. The molecule has 0 aromatic heterocycles. The summed E-state index contributed by atoms with van der Waals surface area (Å²) in [7, 11) is 0. The van der Waals surface area contributed by atoms with E-state index in [4.69, 9.17) is 4.74 Å². The van der Waals surface area contributed by atoms with E-state index in [9.17, 15) is 9.18 Å². The number of carbonyl (C=O) groups is 1. The number of amides is 1. The van der Waals surface area contributed by atoms with Crippen molar-refractivity contribution in [1.82, 2.24) is 15.5 Å². The van der Waals surface area contributed by atoms with Gasteiger partial charge in [-0.05, 0) is 43.1 Å². The summed E-state index contributed by atoms with van der Waals surface area (Å²) in [4.78, 5) is 15.1. The molecule has 8 heteroatoms. The molecule has 2 fully saturated rings. The van der Waals surface area contributed by atoms with Crippen LogP contribution in [0.1, 0.15) is 24.9 Å². The van der Waals surface area contributed by atoms with Crippen LogP contribution in [0, 0.1) is 11.7 Å². The van der Waals surface area contributed by atoms with E-state index in [-0.39, 0.29) is 42.6 Å². The maximum Gasteiger partial charge on any atom is 0.242 e. The first-order valence-corrected chi connectivity index (χ1v) is 8.73. The summed E-state index contributed by atoms with van der Waals surface area (Å²) in [5.74, 6) is 0.0376. The molecule has 26 heavy (non-hydrogen) atoms. The van der Waals surface area contributed by atoms with Gasteiger partial charge in [0.25, 0.3) is 0 Å². The molecule has 1 aromatic rings. The normalized spacial score (nSPS) is 24.7. The van der Waals surface area contributed by atoms with Crippen molar-refractivity contribution in [3.8, 4) is 0 Å². The Bertz CT molecular complexity index is 573. The van der Waals surface area contributed by atoms with Crippen LogP contribution in [0.2, 0.25) is 0 Å². The fourth-order valence-corrected chi connectivity index (χ4v) is 3.53. The van der Waals surface area contributed by atoms with Gasteiger partial charge in [-0.2, -0.15) is 0 Å². The molecule has 3 rings (SSSR count). The number of piperidine rings is 1. The summed E-state index contributed by atoms with van der Waals surface area (Å²) in [6, 6.07) is 6.06. The number of halogens is 3. The standard InChI is InChI=1S/C18H26FN3O2.2ClH/c1-13-12-20-6-5-16(13)21-18(23)17(22-7-9-24-10-8-22)14-3-2-4-15(19)11-14;;/h2-4,11,13,16-17,20H,5-10,12H2,1H3,(H,21,23);2*1H.